The van der Waals surface area contributed by atoms with Gasteiger partial charge in [-0.3, -0.25) is 4.79 Å². The Morgan fingerprint density at radius 2 is 1.94 bits per heavy atom. The quantitative estimate of drug-likeness (QED) is 0.687. The average molecular weight is 255 g/mol. The minimum absolute atomic E-state index is 0.221. The lowest BCUT2D eigenvalue weighted by atomic mass is 9.80. The number of carbonyl (C=O) groups is 1. The lowest BCUT2D eigenvalue weighted by Crippen LogP contribution is -2.34. The molecule has 1 amide bonds. The number of hydrogen-bond donors (Lipinski definition) is 2. The van der Waals surface area contributed by atoms with E-state index in [-0.39, 0.29) is 18.4 Å². The van der Waals surface area contributed by atoms with Gasteiger partial charge in [-0.25, -0.2) is 0 Å². The van der Waals surface area contributed by atoms with Crippen LogP contribution >= 0.6 is 0 Å². The van der Waals surface area contributed by atoms with Gasteiger partial charge in [0.15, 0.2) is 0 Å². The zero-order valence-corrected chi connectivity index (χ0v) is 12.0. The standard InChI is InChI=1S/C15H29NO2/c1-12(2)4-3-10-16-15(18)14-7-5-13(6-8-14)9-11-17/h12-14,17H,3-11H2,1-2H3,(H,16,18). The van der Waals surface area contributed by atoms with E-state index in [2.05, 4.69) is 19.2 Å². The molecule has 0 heterocycles. The van der Waals surface area contributed by atoms with Crippen LogP contribution in [0.4, 0.5) is 0 Å². The molecule has 1 rings (SSSR count). The fraction of sp³-hybridized carbons (Fsp3) is 0.933. The van der Waals surface area contributed by atoms with Crippen molar-refractivity contribution >= 4 is 5.91 Å². The fourth-order valence-corrected chi connectivity index (χ4v) is 2.76. The number of carbonyl (C=O) groups excluding carboxylic acids is 1. The predicted octanol–water partition coefficient (Wildman–Crippen LogP) is 2.73. The van der Waals surface area contributed by atoms with Gasteiger partial charge in [-0.15, -0.1) is 0 Å². The van der Waals surface area contributed by atoms with E-state index in [4.69, 9.17) is 5.11 Å². The van der Waals surface area contributed by atoms with E-state index < -0.39 is 0 Å². The highest BCUT2D eigenvalue weighted by molar-refractivity contribution is 5.78. The van der Waals surface area contributed by atoms with Crippen molar-refractivity contribution in [2.75, 3.05) is 13.2 Å². The van der Waals surface area contributed by atoms with Gasteiger partial charge in [-0.1, -0.05) is 13.8 Å². The number of hydrogen-bond acceptors (Lipinski definition) is 2. The third-order valence-corrected chi connectivity index (χ3v) is 4.01. The summed E-state index contributed by atoms with van der Waals surface area (Å²) >= 11 is 0. The minimum Gasteiger partial charge on any atom is -0.396 e. The molecule has 0 radical (unpaired) electrons. The van der Waals surface area contributed by atoms with Gasteiger partial charge in [0.2, 0.25) is 5.91 Å². The molecule has 1 aliphatic carbocycles. The maximum Gasteiger partial charge on any atom is 0.223 e. The zero-order chi connectivity index (χ0) is 13.4. The number of aliphatic hydroxyl groups is 1. The molecule has 106 valence electrons. The SMILES string of the molecule is CC(C)CCCNC(=O)C1CCC(CCO)CC1. The Bertz CT molecular complexity index is 233. The van der Waals surface area contributed by atoms with Crippen LogP contribution in [0.25, 0.3) is 0 Å². The molecule has 3 heteroatoms. The summed E-state index contributed by atoms with van der Waals surface area (Å²) in [7, 11) is 0. The Hall–Kier alpha value is -0.570. The lowest BCUT2D eigenvalue weighted by Gasteiger charge is -2.27. The minimum atomic E-state index is 0.221. The largest absolute Gasteiger partial charge is 0.396 e. The molecule has 1 fully saturated rings. The Kier molecular flexibility index (Phi) is 7.33. The molecular formula is C15H29NO2. The molecule has 0 aromatic rings. The van der Waals surface area contributed by atoms with E-state index in [0.717, 1.165) is 51.0 Å². The highest BCUT2D eigenvalue weighted by atomic mass is 16.3. The van der Waals surface area contributed by atoms with Gasteiger partial charge in [-0.05, 0) is 56.8 Å². The second kappa shape index (κ2) is 8.52. The maximum atomic E-state index is 11.9. The first-order chi connectivity index (χ1) is 8.63. The molecular weight excluding hydrogens is 226 g/mol. The number of rotatable bonds is 7. The summed E-state index contributed by atoms with van der Waals surface area (Å²) in [6, 6.07) is 0. The second-order valence-electron chi connectivity index (χ2n) is 6.06. The van der Waals surface area contributed by atoms with Crippen LogP contribution in [0.3, 0.4) is 0 Å². The second-order valence-corrected chi connectivity index (χ2v) is 6.06. The van der Waals surface area contributed by atoms with Gasteiger partial charge < -0.3 is 10.4 Å². The van der Waals surface area contributed by atoms with Crippen molar-refractivity contribution < 1.29 is 9.90 Å². The average Bonchev–Trinajstić information content (AvgIpc) is 2.35. The molecule has 0 unspecified atom stereocenters. The van der Waals surface area contributed by atoms with Crippen LogP contribution in [0.5, 0.6) is 0 Å². The highest BCUT2D eigenvalue weighted by Crippen LogP contribution is 2.30. The van der Waals surface area contributed by atoms with Gasteiger partial charge in [0.25, 0.3) is 0 Å². The summed E-state index contributed by atoms with van der Waals surface area (Å²) in [5.41, 5.74) is 0. The molecule has 1 aliphatic rings. The normalized spacial score (nSPS) is 24.2. The molecule has 0 aliphatic heterocycles. The molecule has 0 aromatic heterocycles. The van der Waals surface area contributed by atoms with Gasteiger partial charge in [0, 0.05) is 19.1 Å². The summed E-state index contributed by atoms with van der Waals surface area (Å²) in [6.45, 7) is 5.54. The Labute approximate surface area is 111 Å². The van der Waals surface area contributed by atoms with Crippen LogP contribution < -0.4 is 5.32 Å². The van der Waals surface area contributed by atoms with Gasteiger partial charge >= 0.3 is 0 Å². The number of aliphatic hydroxyl groups excluding tert-OH is 1. The molecule has 0 saturated heterocycles. The monoisotopic (exact) mass is 255 g/mol. The van der Waals surface area contributed by atoms with Crippen molar-refractivity contribution in [3.63, 3.8) is 0 Å². The molecule has 1 saturated carbocycles. The maximum absolute atomic E-state index is 11.9. The van der Waals surface area contributed by atoms with Crippen LogP contribution in [0.1, 0.15) is 58.8 Å². The third kappa shape index (κ3) is 5.85. The van der Waals surface area contributed by atoms with Crippen molar-refractivity contribution in [2.24, 2.45) is 17.8 Å². The van der Waals surface area contributed by atoms with E-state index in [1.165, 1.54) is 6.42 Å². The van der Waals surface area contributed by atoms with E-state index in [9.17, 15) is 4.79 Å². The van der Waals surface area contributed by atoms with Gasteiger partial charge in [-0.2, -0.15) is 0 Å². The van der Waals surface area contributed by atoms with Crippen LogP contribution in [0.15, 0.2) is 0 Å². The molecule has 0 spiro atoms. The number of nitrogens with one attached hydrogen (secondary N) is 1. The van der Waals surface area contributed by atoms with Crippen molar-refractivity contribution in [3.8, 4) is 0 Å². The van der Waals surface area contributed by atoms with Crippen LogP contribution in [-0.4, -0.2) is 24.2 Å². The molecule has 2 N–H and O–H groups in total. The molecule has 3 nitrogen and oxygen atoms in total. The van der Waals surface area contributed by atoms with E-state index in [1.54, 1.807) is 0 Å². The Balaban J connectivity index is 2.12. The Morgan fingerprint density at radius 1 is 1.28 bits per heavy atom. The Morgan fingerprint density at radius 3 is 2.50 bits per heavy atom. The van der Waals surface area contributed by atoms with Gasteiger partial charge in [0.05, 0.1) is 0 Å². The summed E-state index contributed by atoms with van der Waals surface area (Å²) in [4.78, 5) is 11.9. The molecule has 0 bridgehead atoms. The molecule has 18 heavy (non-hydrogen) atoms. The highest BCUT2D eigenvalue weighted by Gasteiger charge is 2.25. The van der Waals surface area contributed by atoms with Crippen molar-refractivity contribution in [1.82, 2.24) is 5.32 Å². The topological polar surface area (TPSA) is 49.3 Å². The predicted molar refractivity (Wildman–Crippen MR) is 74.2 cm³/mol. The summed E-state index contributed by atoms with van der Waals surface area (Å²) in [6.07, 6.45) is 7.38. The van der Waals surface area contributed by atoms with E-state index >= 15 is 0 Å². The van der Waals surface area contributed by atoms with Crippen LogP contribution in [0.2, 0.25) is 0 Å². The van der Waals surface area contributed by atoms with E-state index in [0.29, 0.717) is 5.92 Å². The molecule has 0 aromatic carbocycles. The third-order valence-electron chi connectivity index (χ3n) is 4.01. The van der Waals surface area contributed by atoms with Crippen molar-refractivity contribution in [1.29, 1.82) is 0 Å². The first-order valence-corrected chi connectivity index (χ1v) is 7.52. The van der Waals surface area contributed by atoms with Crippen molar-refractivity contribution in [2.45, 2.75) is 58.8 Å². The van der Waals surface area contributed by atoms with Crippen molar-refractivity contribution in [3.05, 3.63) is 0 Å². The zero-order valence-electron chi connectivity index (χ0n) is 12.0. The smallest absolute Gasteiger partial charge is 0.223 e. The van der Waals surface area contributed by atoms with Crippen LogP contribution in [0, 0.1) is 17.8 Å². The number of amides is 1. The summed E-state index contributed by atoms with van der Waals surface area (Å²) < 4.78 is 0. The van der Waals surface area contributed by atoms with Gasteiger partial charge in [0.1, 0.15) is 0 Å². The fourth-order valence-electron chi connectivity index (χ4n) is 2.76. The first-order valence-electron chi connectivity index (χ1n) is 7.52. The van der Waals surface area contributed by atoms with E-state index in [1.807, 2.05) is 0 Å². The summed E-state index contributed by atoms with van der Waals surface area (Å²) in [5, 5.41) is 12.0. The molecule has 0 atom stereocenters. The summed E-state index contributed by atoms with van der Waals surface area (Å²) in [5.74, 6) is 1.83. The lowest BCUT2D eigenvalue weighted by molar-refractivity contribution is -0.126. The first kappa shape index (κ1) is 15.5. The van der Waals surface area contributed by atoms with Crippen LogP contribution in [-0.2, 0) is 4.79 Å².